The molecule has 2 aliphatic heterocycles. The van der Waals surface area contributed by atoms with Crippen LogP contribution in [0.1, 0.15) is 30.4 Å². The van der Waals surface area contributed by atoms with Crippen molar-refractivity contribution in [2.75, 3.05) is 67.5 Å². The van der Waals surface area contributed by atoms with Gasteiger partial charge in [-0.2, -0.15) is 0 Å². The van der Waals surface area contributed by atoms with E-state index in [1.54, 1.807) is 14.2 Å². The van der Waals surface area contributed by atoms with E-state index in [9.17, 15) is 5.11 Å². The molecule has 4 aliphatic rings. The topological polar surface area (TPSA) is 78.9 Å². The predicted octanol–water partition coefficient (Wildman–Crippen LogP) is 1.54. The van der Waals surface area contributed by atoms with Crippen LogP contribution in [-0.4, -0.2) is 101 Å². The van der Waals surface area contributed by atoms with Gasteiger partial charge in [0.1, 0.15) is 6.10 Å². The molecule has 2 fully saturated rings. The molecule has 1 unspecified atom stereocenters. The van der Waals surface area contributed by atoms with E-state index in [1.807, 2.05) is 6.07 Å². The smallest absolute Gasteiger partial charge is 0.166 e. The van der Waals surface area contributed by atoms with E-state index in [0.717, 1.165) is 42.9 Å². The lowest BCUT2D eigenvalue weighted by atomic mass is 9.48. The fourth-order valence-corrected chi connectivity index (χ4v) is 6.75. The second kappa shape index (κ2) is 9.32. The summed E-state index contributed by atoms with van der Waals surface area (Å²) in [5, 5.41) is 12.2. The first-order chi connectivity index (χ1) is 16.1. The second-order valence-corrected chi connectivity index (χ2v) is 9.68. The standard InChI is InChI=1S/C25H37NO7/c1-26-9-8-24-21-17-4-5-18(29-3)22(21)33-23(24)19(6-7-25(24,27)20(26)16-17)32-15-14-31-13-12-30-11-10-28-2/h4-5,19-20,23,27H,6-16H2,1-3H3/t19-,20?,23-,24-,25+/m0/s1. The van der Waals surface area contributed by atoms with Gasteiger partial charge in [0, 0.05) is 18.7 Å². The molecule has 33 heavy (non-hydrogen) atoms. The third-order valence-corrected chi connectivity index (χ3v) is 8.24. The molecule has 0 aromatic heterocycles. The van der Waals surface area contributed by atoms with Crippen LogP contribution in [-0.2, 0) is 30.8 Å². The molecule has 1 aromatic carbocycles. The maximum atomic E-state index is 12.2. The highest BCUT2D eigenvalue weighted by atomic mass is 16.6. The summed E-state index contributed by atoms with van der Waals surface area (Å²) in [5.74, 6) is 1.55. The molecular weight excluding hydrogens is 426 g/mol. The van der Waals surface area contributed by atoms with E-state index in [1.165, 1.54) is 5.56 Å². The number of hydrogen-bond acceptors (Lipinski definition) is 8. The van der Waals surface area contributed by atoms with Gasteiger partial charge in [-0.15, -0.1) is 0 Å². The average molecular weight is 464 g/mol. The summed E-state index contributed by atoms with van der Waals surface area (Å²) >= 11 is 0. The molecule has 1 saturated heterocycles. The van der Waals surface area contributed by atoms with Gasteiger partial charge < -0.3 is 38.4 Å². The van der Waals surface area contributed by atoms with Crippen LogP contribution in [0.3, 0.4) is 0 Å². The molecular formula is C25H37NO7. The van der Waals surface area contributed by atoms with Crippen molar-refractivity contribution in [2.24, 2.45) is 0 Å². The molecule has 8 heteroatoms. The third-order valence-electron chi connectivity index (χ3n) is 8.24. The molecule has 5 rings (SSSR count). The Morgan fingerprint density at radius 2 is 1.82 bits per heavy atom. The molecule has 2 heterocycles. The van der Waals surface area contributed by atoms with Crippen LogP contribution < -0.4 is 9.47 Å². The van der Waals surface area contributed by atoms with Gasteiger partial charge in [0.15, 0.2) is 11.5 Å². The van der Waals surface area contributed by atoms with Crippen molar-refractivity contribution in [3.63, 3.8) is 0 Å². The monoisotopic (exact) mass is 463 g/mol. The van der Waals surface area contributed by atoms with E-state index < -0.39 is 11.0 Å². The van der Waals surface area contributed by atoms with Crippen LogP contribution in [0.5, 0.6) is 11.5 Å². The lowest BCUT2D eigenvalue weighted by Gasteiger charge is -2.63. The van der Waals surface area contributed by atoms with Crippen molar-refractivity contribution in [3.8, 4) is 11.5 Å². The molecule has 1 aromatic rings. The number of nitrogens with zero attached hydrogens (tertiary/aromatic N) is 1. The highest BCUT2D eigenvalue weighted by Crippen LogP contribution is 2.65. The van der Waals surface area contributed by atoms with Gasteiger partial charge in [-0.25, -0.2) is 0 Å². The van der Waals surface area contributed by atoms with Crippen LogP contribution in [0.25, 0.3) is 0 Å². The van der Waals surface area contributed by atoms with E-state index >= 15 is 0 Å². The molecule has 8 nitrogen and oxygen atoms in total. The zero-order chi connectivity index (χ0) is 23.1. The Morgan fingerprint density at radius 3 is 2.58 bits per heavy atom. The number of ether oxygens (including phenoxy) is 6. The SMILES string of the molecule is COCCOCCOCCO[C@H]1CC[C@@]2(O)C3Cc4ccc(OC)c5c4[C@@]2(CCN3C)[C@H]1O5. The van der Waals surface area contributed by atoms with Gasteiger partial charge in [-0.1, -0.05) is 6.07 Å². The van der Waals surface area contributed by atoms with Gasteiger partial charge in [-0.05, 0) is 50.9 Å². The Morgan fingerprint density at radius 1 is 1.06 bits per heavy atom. The summed E-state index contributed by atoms with van der Waals surface area (Å²) in [6, 6.07) is 4.25. The molecule has 1 spiro atoms. The fourth-order valence-electron chi connectivity index (χ4n) is 6.75. The Bertz CT molecular complexity index is 850. The zero-order valence-corrected chi connectivity index (χ0v) is 20.0. The van der Waals surface area contributed by atoms with Crippen LogP contribution >= 0.6 is 0 Å². The number of benzene rings is 1. The maximum absolute atomic E-state index is 12.2. The molecule has 2 aliphatic carbocycles. The zero-order valence-electron chi connectivity index (χ0n) is 20.0. The van der Waals surface area contributed by atoms with Crippen molar-refractivity contribution in [3.05, 3.63) is 23.3 Å². The van der Waals surface area contributed by atoms with Gasteiger partial charge in [-0.3, -0.25) is 0 Å². The Balaban J connectivity index is 1.30. The lowest BCUT2D eigenvalue weighted by Crippen LogP contribution is -2.76. The predicted molar refractivity (Wildman–Crippen MR) is 121 cm³/mol. The van der Waals surface area contributed by atoms with Crippen molar-refractivity contribution in [1.29, 1.82) is 0 Å². The number of hydrogen-bond donors (Lipinski definition) is 1. The largest absolute Gasteiger partial charge is 0.493 e. The van der Waals surface area contributed by atoms with E-state index in [0.29, 0.717) is 46.1 Å². The lowest BCUT2D eigenvalue weighted by molar-refractivity contribution is -0.213. The molecule has 1 saturated carbocycles. The maximum Gasteiger partial charge on any atom is 0.166 e. The third kappa shape index (κ3) is 3.58. The summed E-state index contributed by atoms with van der Waals surface area (Å²) in [4.78, 5) is 2.33. The van der Waals surface area contributed by atoms with Gasteiger partial charge in [0.25, 0.3) is 0 Å². The number of rotatable bonds is 11. The summed E-state index contributed by atoms with van der Waals surface area (Å²) in [7, 11) is 5.47. The highest BCUT2D eigenvalue weighted by molar-refractivity contribution is 5.62. The van der Waals surface area contributed by atoms with Crippen molar-refractivity contribution >= 4 is 0 Å². The molecule has 0 radical (unpaired) electrons. The van der Waals surface area contributed by atoms with E-state index in [2.05, 4.69) is 18.0 Å². The molecule has 2 bridgehead atoms. The van der Waals surface area contributed by atoms with E-state index in [4.69, 9.17) is 28.4 Å². The molecule has 1 N–H and O–H groups in total. The van der Waals surface area contributed by atoms with Crippen LogP contribution in [0.2, 0.25) is 0 Å². The Labute approximate surface area is 196 Å². The Hall–Kier alpha value is -1.42. The first-order valence-electron chi connectivity index (χ1n) is 12.1. The quantitative estimate of drug-likeness (QED) is 0.496. The minimum absolute atomic E-state index is 0.0894. The first-order valence-corrected chi connectivity index (χ1v) is 12.1. The highest BCUT2D eigenvalue weighted by Gasteiger charge is 2.72. The van der Waals surface area contributed by atoms with Crippen molar-refractivity contribution < 1.29 is 33.5 Å². The van der Waals surface area contributed by atoms with Crippen molar-refractivity contribution in [1.82, 2.24) is 4.90 Å². The summed E-state index contributed by atoms with van der Waals surface area (Å²) in [5.41, 5.74) is 1.15. The Kier molecular flexibility index (Phi) is 6.59. The fraction of sp³-hybridized carbons (Fsp3) is 0.760. The van der Waals surface area contributed by atoms with Crippen LogP contribution in [0, 0.1) is 0 Å². The number of aliphatic hydroxyl groups is 1. The molecule has 0 amide bonds. The number of methoxy groups -OCH3 is 2. The number of piperidine rings is 1. The minimum Gasteiger partial charge on any atom is -0.493 e. The van der Waals surface area contributed by atoms with Gasteiger partial charge in [0.2, 0.25) is 0 Å². The van der Waals surface area contributed by atoms with Gasteiger partial charge in [0.05, 0.1) is 63.9 Å². The second-order valence-electron chi connectivity index (χ2n) is 9.68. The average Bonchev–Trinajstić information content (AvgIpc) is 3.17. The summed E-state index contributed by atoms with van der Waals surface area (Å²) < 4.78 is 34.7. The first kappa shape index (κ1) is 23.3. The molecule has 184 valence electrons. The normalized spacial score (nSPS) is 34.1. The van der Waals surface area contributed by atoms with Gasteiger partial charge >= 0.3 is 0 Å². The minimum atomic E-state index is -0.828. The molecule has 5 atom stereocenters. The number of likely N-dealkylation sites (tertiary alicyclic amines) is 1. The summed E-state index contributed by atoms with van der Waals surface area (Å²) in [6.07, 6.45) is 2.83. The number of likely N-dealkylation sites (N-methyl/N-ethyl adjacent to an activating group) is 1. The summed E-state index contributed by atoms with van der Waals surface area (Å²) in [6.45, 7) is 4.16. The van der Waals surface area contributed by atoms with Crippen LogP contribution in [0.4, 0.5) is 0 Å². The van der Waals surface area contributed by atoms with Crippen LogP contribution in [0.15, 0.2) is 12.1 Å². The van der Waals surface area contributed by atoms with E-state index in [-0.39, 0.29) is 18.2 Å². The van der Waals surface area contributed by atoms with Crippen molar-refractivity contribution in [2.45, 2.75) is 54.9 Å².